The highest BCUT2D eigenvalue weighted by Gasteiger charge is 2.63. The second-order valence-electron chi connectivity index (χ2n) is 5.92. The number of halogens is 1. The van der Waals surface area contributed by atoms with Crippen molar-refractivity contribution in [1.82, 2.24) is 0 Å². The molecule has 2 aliphatic carbocycles. The van der Waals surface area contributed by atoms with Gasteiger partial charge < -0.3 is 10.1 Å². The van der Waals surface area contributed by atoms with Crippen molar-refractivity contribution in [3.05, 3.63) is 28.7 Å². The van der Waals surface area contributed by atoms with Gasteiger partial charge in [-0.25, -0.2) is 0 Å². The maximum Gasteiger partial charge on any atom is 0.310 e. The van der Waals surface area contributed by atoms with Crippen LogP contribution in [0.1, 0.15) is 12.8 Å². The molecule has 1 heterocycles. The minimum Gasteiger partial charge on any atom is -0.462 e. The first-order chi connectivity index (χ1) is 9.63. The third-order valence-electron chi connectivity index (χ3n) is 4.90. The van der Waals surface area contributed by atoms with E-state index in [9.17, 15) is 9.59 Å². The zero-order valence-electron chi connectivity index (χ0n) is 10.7. The molecule has 5 atom stereocenters. The number of hydrogen-bond acceptors (Lipinski definition) is 3. The van der Waals surface area contributed by atoms with Gasteiger partial charge in [0.25, 0.3) is 0 Å². The van der Waals surface area contributed by atoms with Crippen LogP contribution in [0.2, 0.25) is 0 Å². The molecule has 0 unspecified atom stereocenters. The first-order valence-electron chi connectivity index (χ1n) is 6.90. The van der Waals surface area contributed by atoms with Crippen LogP contribution in [-0.2, 0) is 14.3 Å². The number of esters is 1. The largest absolute Gasteiger partial charge is 0.462 e. The van der Waals surface area contributed by atoms with Gasteiger partial charge in [-0.2, -0.15) is 0 Å². The van der Waals surface area contributed by atoms with E-state index in [1.807, 2.05) is 24.3 Å². The van der Waals surface area contributed by atoms with Crippen molar-refractivity contribution in [2.75, 3.05) is 5.32 Å². The minimum atomic E-state index is -0.214. The summed E-state index contributed by atoms with van der Waals surface area (Å²) in [4.78, 5) is 24.4. The second-order valence-corrected chi connectivity index (χ2v) is 6.83. The Kier molecular flexibility index (Phi) is 2.67. The summed E-state index contributed by atoms with van der Waals surface area (Å²) < 4.78 is 6.33. The Balaban J connectivity index is 1.54. The predicted molar refractivity (Wildman–Crippen MR) is 75.8 cm³/mol. The van der Waals surface area contributed by atoms with E-state index >= 15 is 0 Å². The predicted octanol–water partition coefficient (Wildman–Crippen LogP) is 2.59. The lowest BCUT2D eigenvalue weighted by Gasteiger charge is -2.23. The Morgan fingerprint density at radius 2 is 2.00 bits per heavy atom. The van der Waals surface area contributed by atoms with E-state index in [-0.39, 0.29) is 35.7 Å². The summed E-state index contributed by atoms with van der Waals surface area (Å²) in [6.45, 7) is 0. The first kappa shape index (κ1) is 12.4. The minimum absolute atomic E-state index is 0.0397. The molecule has 104 valence electrons. The molecular weight excluding hydrogens is 322 g/mol. The molecule has 3 aliphatic rings. The fraction of sp³-hybridized carbons (Fsp3) is 0.467. The molecule has 1 amide bonds. The SMILES string of the molecule is O=C(Nc1ccc(Br)cc1)[C@@H]1[C@@H]2C[C@@H]3[C@@H]1C(=O)O[C@H]3C2. The second kappa shape index (κ2) is 4.32. The Hall–Kier alpha value is -1.36. The van der Waals surface area contributed by atoms with Gasteiger partial charge in [0.2, 0.25) is 5.91 Å². The summed E-state index contributed by atoms with van der Waals surface area (Å²) in [5.74, 6) is -0.0627. The number of amides is 1. The van der Waals surface area contributed by atoms with Crippen LogP contribution in [-0.4, -0.2) is 18.0 Å². The van der Waals surface area contributed by atoms with Gasteiger partial charge in [0.1, 0.15) is 6.10 Å². The highest BCUT2D eigenvalue weighted by atomic mass is 79.9. The molecule has 2 saturated carbocycles. The molecule has 0 spiro atoms. The number of carbonyl (C=O) groups is 2. The van der Waals surface area contributed by atoms with Gasteiger partial charge in [-0.15, -0.1) is 0 Å². The van der Waals surface area contributed by atoms with Crippen molar-refractivity contribution in [1.29, 1.82) is 0 Å². The lowest BCUT2D eigenvalue weighted by Crippen LogP contribution is -2.35. The Morgan fingerprint density at radius 1 is 1.25 bits per heavy atom. The van der Waals surface area contributed by atoms with Crippen molar-refractivity contribution >= 4 is 33.5 Å². The molecule has 1 saturated heterocycles. The number of anilines is 1. The number of fused-ring (bicyclic) bond motifs is 1. The average molecular weight is 336 g/mol. The zero-order valence-corrected chi connectivity index (χ0v) is 12.3. The van der Waals surface area contributed by atoms with Crippen LogP contribution < -0.4 is 5.32 Å². The van der Waals surface area contributed by atoms with Gasteiger partial charge in [0.15, 0.2) is 0 Å². The van der Waals surface area contributed by atoms with Gasteiger partial charge >= 0.3 is 5.97 Å². The summed E-state index contributed by atoms with van der Waals surface area (Å²) in [6.07, 6.45) is 1.89. The topological polar surface area (TPSA) is 55.4 Å². The molecule has 5 heteroatoms. The van der Waals surface area contributed by atoms with E-state index in [0.29, 0.717) is 5.92 Å². The molecule has 1 N–H and O–H groups in total. The number of carbonyl (C=O) groups excluding carboxylic acids is 2. The molecule has 0 aromatic heterocycles. The van der Waals surface area contributed by atoms with E-state index in [4.69, 9.17) is 4.74 Å². The van der Waals surface area contributed by atoms with Crippen LogP contribution >= 0.6 is 15.9 Å². The monoisotopic (exact) mass is 335 g/mol. The summed E-state index contributed by atoms with van der Waals surface area (Å²) >= 11 is 3.36. The van der Waals surface area contributed by atoms with Gasteiger partial charge in [-0.3, -0.25) is 9.59 Å². The molecule has 1 aliphatic heterocycles. The van der Waals surface area contributed by atoms with Crippen molar-refractivity contribution in [2.24, 2.45) is 23.7 Å². The maximum absolute atomic E-state index is 12.5. The van der Waals surface area contributed by atoms with Gasteiger partial charge in [-0.1, -0.05) is 15.9 Å². The lowest BCUT2D eigenvalue weighted by atomic mass is 9.79. The molecular formula is C15H14BrNO3. The van der Waals surface area contributed by atoms with Crippen LogP contribution in [0.3, 0.4) is 0 Å². The Morgan fingerprint density at radius 3 is 2.75 bits per heavy atom. The highest BCUT2D eigenvalue weighted by Crippen LogP contribution is 2.57. The van der Waals surface area contributed by atoms with E-state index < -0.39 is 0 Å². The fourth-order valence-electron chi connectivity index (χ4n) is 4.12. The van der Waals surface area contributed by atoms with Crippen LogP contribution in [0.25, 0.3) is 0 Å². The molecule has 4 rings (SSSR count). The van der Waals surface area contributed by atoms with Crippen LogP contribution in [0, 0.1) is 23.7 Å². The van der Waals surface area contributed by atoms with Crippen molar-refractivity contribution in [3.63, 3.8) is 0 Å². The highest BCUT2D eigenvalue weighted by molar-refractivity contribution is 9.10. The number of rotatable bonds is 2. The van der Waals surface area contributed by atoms with E-state index in [1.54, 1.807) is 0 Å². The first-order valence-corrected chi connectivity index (χ1v) is 7.70. The molecule has 1 aromatic carbocycles. The van der Waals surface area contributed by atoms with E-state index in [2.05, 4.69) is 21.2 Å². The smallest absolute Gasteiger partial charge is 0.310 e. The molecule has 3 fully saturated rings. The average Bonchev–Trinajstić information content (AvgIpc) is 3.02. The van der Waals surface area contributed by atoms with Gasteiger partial charge in [-0.05, 0) is 43.0 Å². The van der Waals surface area contributed by atoms with Crippen LogP contribution in [0.4, 0.5) is 5.69 Å². The summed E-state index contributed by atoms with van der Waals surface area (Å²) in [5.41, 5.74) is 0.767. The number of hydrogen-bond donors (Lipinski definition) is 1. The molecule has 20 heavy (non-hydrogen) atoms. The third-order valence-corrected chi connectivity index (χ3v) is 5.43. The molecule has 2 bridgehead atoms. The van der Waals surface area contributed by atoms with Gasteiger partial charge in [0, 0.05) is 16.1 Å². The van der Waals surface area contributed by atoms with Crippen LogP contribution in [0.5, 0.6) is 0 Å². The maximum atomic E-state index is 12.5. The normalized spacial score (nSPS) is 37.0. The Bertz CT molecular complexity index is 583. The standard InChI is InChI=1S/C15H14BrNO3/c16-8-1-3-9(4-2-8)17-14(18)12-7-5-10-11(6-7)20-15(19)13(10)12/h1-4,7,10-13H,5-6H2,(H,17,18)/t7-,10+,11+,12-,13+/m1/s1. The van der Waals surface area contributed by atoms with Crippen molar-refractivity contribution < 1.29 is 14.3 Å². The summed E-state index contributed by atoms with van der Waals surface area (Å²) in [5, 5.41) is 2.93. The van der Waals surface area contributed by atoms with Crippen molar-refractivity contribution in [2.45, 2.75) is 18.9 Å². The van der Waals surface area contributed by atoms with Crippen LogP contribution in [0.15, 0.2) is 28.7 Å². The third kappa shape index (κ3) is 1.72. The fourth-order valence-corrected chi connectivity index (χ4v) is 4.39. The number of benzene rings is 1. The molecule has 0 radical (unpaired) electrons. The lowest BCUT2D eigenvalue weighted by molar-refractivity contribution is -0.145. The van der Waals surface area contributed by atoms with E-state index in [1.165, 1.54) is 0 Å². The Labute approximate surface area is 125 Å². The quantitative estimate of drug-likeness (QED) is 0.845. The summed E-state index contributed by atoms with van der Waals surface area (Å²) in [7, 11) is 0. The van der Waals surface area contributed by atoms with Gasteiger partial charge in [0.05, 0.1) is 11.8 Å². The number of ether oxygens (including phenoxy) is 1. The number of nitrogens with one attached hydrogen (secondary N) is 1. The molecule has 4 nitrogen and oxygen atoms in total. The van der Waals surface area contributed by atoms with Crippen molar-refractivity contribution in [3.8, 4) is 0 Å². The zero-order chi connectivity index (χ0) is 13.9. The molecule has 1 aromatic rings. The van der Waals surface area contributed by atoms with E-state index in [0.717, 1.165) is 23.0 Å². The summed E-state index contributed by atoms with van der Waals surface area (Å²) in [6, 6.07) is 7.47.